The largest absolute Gasteiger partial charge is 0.492 e. The Morgan fingerprint density at radius 3 is 3.15 bits per heavy atom. The number of nitrogens with zero attached hydrogens (tertiary/aromatic N) is 3. The van der Waals surface area contributed by atoms with Crippen molar-refractivity contribution in [1.82, 2.24) is 14.8 Å². The molecule has 20 heavy (non-hydrogen) atoms. The summed E-state index contributed by atoms with van der Waals surface area (Å²) in [6.45, 7) is 3.30. The van der Waals surface area contributed by atoms with Crippen molar-refractivity contribution in [2.45, 2.75) is 32.2 Å². The predicted molar refractivity (Wildman–Crippen MR) is 73.7 cm³/mol. The smallest absolute Gasteiger partial charge is 0.151 e. The zero-order chi connectivity index (χ0) is 13.9. The predicted octanol–water partition coefficient (Wildman–Crippen LogP) is 1.98. The second kappa shape index (κ2) is 5.45. The molecule has 0 aliphatic carbocycles. The van der Waals surface area contributed by atoms with Gasteiger partial charge in [0.15, 0.2) is 5.78 Å². The van der Waals surface area contributed by atoms with E-state index in [1.54, 1.807) is 4.68 Å². The van der Waals surface area contributed by atoms with E-state index >= 15 is 0 Å². The van der Waals surface area contributed by atoms with Gasteiger partial charge in [-0.3, -0.25) is 4.79 Å². The lowest BCUT2D eigenvalue weighted by molar-refractivity contribution is -0.120. The molecule has 1 aliphatic heterocycles. The number of hydrogen-bond acceptors (Lipinski definition) is 4. The monoisotopic (exact) mass is 271 g/mol. The molecule has 0 N–H and O–H groups in total. The molecule has 0 spiro atoms. The average molecular weight is 271 g/mol. The minimum absolute atomic E-state index is 0.139. The van der Waals surface area contributed by atoms with Gasteiger partial charge in [0.1, 0.15) is 24.5 Å². The maximum atomic E-state index is 12.5. The van der Waals surface area contributed by atoms with Crippen molar-refractivity contribution in [3.63, 3.8) is 0 Å². The fraction of sp³-hybridized carbons (Fsp3) is 0.400. The third-order valence-corrected chi connectivity index (χ3v) is 3.55. The summed E-state index contributed by atoms with van der Waals surface area (Å²) in [6.07, 6.45) is 2.79. The van der Waals surface area contributed by atoms with Crippen molar-refractivity contribution in [2.75, 3.05) is 6.61 Å². The first-order valence-corrected chi connectivity index (χ1v) is 6.90. The minimum Gasteiger partial charge on any atom is -0.492 e. The van der Waals surface area contributed by atoms with Gasteiger partial charge >= 0.3 is 0 Å². The highest BCUT2D eigenvalue weighted by Gasteiger charge is 2.30. The summed E-state index contributed by atoms with van der Waals surface area (Å²) >= 11 is 0. The summed E-state index contributed by atoms with van der Waals surface area (Å²) in [7, 11) is 0. The molecule has 2 heterocycles. The lowest BCUT2D eigenvalue weighted by Gasteiger charge is -2.08. The van der Waals surface area contributed by atoms with Crippen LogP contribution >= 0.6 is 0 Å². The molecule has 0 saturated heterocycles. The Balaban J connectivity index is 1.76. The van der Waals surface area contributed by atoms with E-state index in [9.17, 15) is 4.79 Å². The van der Waals surface area contributed by atoms with Gasteiger partial charge in [-0.25, -0.2) is 9.67 Å². The number of rotatable bonds is 5. The number of hydrogen-bond donors (Lipinski definition) is 0. The van der Waals surface area contributed by atoms with Crippen molar-refractivity contribution in [3.05, 3.63) is 42.0 Å². The van der Waals surface area contributed by atoms with Crippen LogP contribution in [0.25, 0.3) is 0 Å². The normalized spacial score (nSPS) is 16.8. The SMILES string of the molecule is CCCn1ncnc1CC(=O)C1COc2ccccc21. The fourth-order valence-corrected chi connectivity index (χ4v) is 2.53. The summed E-state index contributed by atoms with van der Waals surface area (Å²) in [5.41, 5.74) is 0.985. The summed E-state index contributed by atoms with van der Waals surface area (Å²) in [5.74, 6) is 1.51. The molecule has 3 rings (SSSR count). The lowest BCUT2D eigenvalue weighted by Crippen LogP contribution is -2.19. The van der Waals surface area contributed by atoms with Gasteiger partial charge in [0.2, 0.25) is 0 Å². The topological polar surface area (TPSA) is 57.0 Å². The molecule has 0 bridgehead atoms. The molecule has 0 amide bonds. The summed E-state index contributed by atoms with van der Waals surface area (Å²) < 4.78 is 7.37. The molecule has 1 aromatic carbocycles. The Kier molecular flexibility index (Phi) is 3.50. The Morgan fingerprint density at radius 1 is 1.45 bits per heavy atom. The number of carbonyl (C=O) groups is 1. The number of carbonyl (C=O) groups excluding carboxylic acids is 1. The van der Waals surface area contributed by atoms with Crippen molar-refractivity contribution >= 4 is 5.78 Å². The number of benzene rings is 1. The Hall–Kier alpha value is -2.17. The molecule has 1 aliphatic rings. The van der Waals surface area contributed by atoms with Gasteiger partial charge in [0.25, 0.3) is 0 Å². The van der Waals surface area contributed by atoms with E-state index in [4.69, 9.17) is 4.74 Å². The van der Waals surface area contributed by atoms with Crippen molar-refractivity contribution in [1.29, 1.82) is 0 Å². The van der Waals surface area contributed by atoms with Gasteiger partial charge in [0, 0.05) is 12.1 Å². The molecule has 1 aromatic heterocycles. The second-order valence-electron chi connectivity index (χ2n) is 4.94. The molecule has 1 unspecified atom stereocenters. The Labute approximate surface area is 117 Å². The molecule has 0 saturated carbocycles. The summed E-state index contributed by atoms with van der Waals surface area (Å²) in [6, 6.07) is 7.72. The van der Waals surface area contributed by atoms with E-state index in [1.807, 2.05) is 24.3 Å². The van der Waals surface area contributed by atoms with Crippen LogP contribution in [0, 0.1) is 0 Å². The first kappa shape index (κ1) is 12.8. The van der Waals surface area contributed by atoms with E-state index in [1.165, 1.54) is 6.33 Å². The fourth-order valence-electron chi connectivity index (χ4n) is 2.53. The molecule has 1 atom stereocenters. The Bertz CT molecular complexity index is 621. The number of fused-ring (bicyclic) bond motifs is 1. The van der Waals surface area contributed by atoms with Crippen molar-refractivity contribution in [3.8, 4) is 5.75 Å². The highest BCUT2D eigenvalue weighted by molar-refractivity contribution is 5.88. The molecule has 5 nitrogen and oxygen atoms in total. The molecular weight excluding hydrogens is 254 g/mol. The molecule has 2 aromatic rings. The quantitative estimate of drug-likeness (QED) is 0.834. The van der Waals surface area contributed by atoms with Crippen LogP contribution in [0.5, 0.6) is 5.75 Å². The van der Waals surface area contributed by atoms with Crippen LogP contribution in [0.1, 0.15) is 30.7 Å². The van der Waals surface area contributed by atoms with Gasteiger partial charge in [0.05, 0.1) is 12.3 Å². The van der Waals surface area contributed by atoms with Gasteiger partial charge in [-0.05, 0) is 12.5 Å². The molecular formula is C15H17N3O2. The number of ketones is 1. The van der Waals surface area contributed by atoms with E-state index in [0.29, 0.717) is 13.0 Å². The van der Waals surface area contributed by atoms with Crippen LogP contribution in [0.2, 0.25) is 0 Å². The first-order chi connectivity index (χ1) is 9.79. The van der Waals surface area contributed by atoms with Gasteiger partial charge in [-0.2, -0.15) is 5.10 Å². The Morgan fingerprint density at radius 2 is 2.30 bits per heavy atom. The summed E-state index contributed by atoms with van der Waals surface area (Å²) in [5, 5.41) is 4.15. The number of para-hydroxylation sites is 1. The third-order valence-electron chi connectivity index (χ3n) is 3.55. The molecule has 0 radical (unpaired) electrons. The molecule has 5 heteroatoms. The van der Waals surface area contributed by atoms with E-state index < -0.39 is 0 Å². The number of aryl methyl sites for hydroxylation is 1. The maximum absolute atomic E-state index is 12.5. The van der Waals surface area contributed by atoms with Crippen LogP contribution < -0.4 is 4.74 Å². The minimum atomic E-state index is -0.182. The highest BCUT2D eigenvalue weighted by atomic mass is 16.5. The number of aromatic nitrogens is 3. The highest BCUT2D eigenvalue weighted by Crippen LogP contribution is 2.34. The van der Waals surface area contributed by atoms with Gasteiger partial charge in [-0.15, -0.1) is 0 Å². The standard InChI is InChI=1S/C15H17N3O2/c1-2-7-18-15(16-10-17-18)8-13(19)12-9-20-14-6-4-3-5-11(12)14/h3-6,10,12H,2,7-9H2,1H3. The van der Waals surface area contributed by atoms with E-state index in [2.05, 4.69) is 17.0 Å². The maximum Gasteiger partial charge on any atom is 0.151 e. The van der Waals surface area contributed by atoms with Crippen molar-refractivity contribution in [2.24, 2.45) is 0 Å². The zero-order valence-corrected chi connectivity index (χ0v) is 11.5. The van der Waals surface area contributed by atoms with Crippen LogP contribution in [0.3, 0.4) is 0 Å². The van der Waals surface area contributed by atoms with Gasteiger partial charge < -0.3 is 4.74 Å². The van der Waals surface area contributed by atoms with E-state index in [-0.39, 0.29) is 11.7 Å². The second-order valence-corrected chi connectivity index (χ2v) is 4.94. The first-order valence-electron chi connectivity index (χ1n) is 6.90. The van der Waals surface area contributed by atoms with Crippen LogP contribution in [-0.2, 0) is 17.8 Å². The third kappa shape index (κ3) is 2.31. The molecule has 0 fully saturated rings. The summed E-state index contributed by atoms with van der Waals surface area (Å²) in [4.78, 5) is 16.7. The lowest BCUT2D eigenvalue weighted by atomic mass is 9.95. The van der Waals surface area contributed by atoms with Crippen LogP contribution in [0.4, 0.5) is 0 Å². The average Bonchev–Trinajstić information content (AvgIpc) is 3.06. The number of ether oxygens (including phenoxy) is 1. The van der Waals surface area contributed by atoms with Crippen LogP contribution in [-0.4, -0.2) is 27.2 Å². The van der Waals surface area contributed by atoms with Crippen LogP contribution in [0.15, 0.2) is 30.6 Å². The zero-order valence-electron chi connectivity index (χ0n) is 11.5. The van der Waals surface area contributed by atoms with E-state index in [0.717, 1.165) is 30.1 Å². The van der Waals surface area contributed by atoms with Gasteiger partial charge in [-0.1, -0.05) is 25.1 Å². The van der Waals surface area contributed by atoms with Crippen molar-refractivity contribution < 1.29 is 9.53 Å². The molecule has 104 valence electrons. The number of Topliss-reactive ketones (excluding diaryl/α,β-unsaturated/α-hetero) is 1.